The summed E-state index contributed by atoms with van der Waals surface area (Å²) in [6.45, 7) is 3.63. The van der Waals surface area contributed by atoms with Gasteiger partial charge in [0.15, 0.2) is 0 Å². The smallest absolute Gasteiger partial charge is 0.321 e. The first-order valence-corrected chi connectivity index (χ1v) is 6.81. The molecule has 1 N–H and O–H groups in total. The maximum absolute atomic E-state index is 13.0. The largest absolute Gasteiger partial charge is 0.418 e. The van der Waals surface area contributed by atoms with E-state index in [1.54, 1.807) is 12.1 Å². The number of carbonyl (C=O) groups is 1. The first-order chi connectivity index (χ1) is 10.2. The summed E-state index contributed by atoms with van der Waals surface area (Å²) in [5, 5.41) is 2.25. The number of alkyl halides is 3. The summed E-state index contributed by atoms with van der Waals surface area (Å²) in [5.74, 6) is -0.598. The molecule has 0 heterocycles. The zero-order valence-electron chi connectivity index (χ0n) is 11.9. The van der Waals surface area contributed by atoms with Crippen molar-refractivity contribution in [3.63, 3.8) is 0 Å². The average Bonchev–Trinajstić information content (AvgIpc) is 2.38. The van der Waals surface area contributed by atoms with Crippen LogP contribution in [0, 0.1) is 13.8 Å². The van der Waals surface area contributed by atoms with E-state index in [0.717, 1.165) is 23.3 Å². The Morgan fingerprint density at radius 3 is 2.18 bits per heavy atom. The number of hydrogen-bond acceptors (Lipinski definition) is 1. The highest BCUT2D eigenvalue weighted by Gasteiger charge is 2.34. The molecule has 6 heteroatoms. The van der Waals surface area contributed by atoms with Crippen LogP contribution in [0.5, 0.6) is 0 Å². The van der Waals surface area contributed by atoms with Crippen molar-refractivity contribution in [1.29, 1.82) is 0 Å². The van der Waals surface area contributed by atoms with Gasteiger partial charge in [0.05, 0.1) is 11.3 Å². The molecule has 0 saturated carbocycles. The van der Waals surface area contributed by atoms with Crippen LogP contribution in [0.1, 0.15) is 27.0 Å². The van der Waals surface area contributed by atoms with Gasteiger partial charge in [0.2, 0.25) is 0 Å². The Bertz CT molecular complexity index is 706. The van der Waals surface area contributed by atoms with Gasteiger partial charge in [-0.1, -0.05) is 28.8 Å². The predicted molar refractivity (Wildman–Crippen MR) is 80.3 cm³/mol. The lowest BCUT2D eigenvalue weighted by Crippen LogP contribution is -2.17. The van der Waals surface area contributed by atoms with Crippen molar-refractivity contribution in [3.8, 4) is 0 Å². The Kier molecular flexibility index (Phi) is 4.47. The average molecular weight is 328 g/mol. The molecule has 0 unspecified atom stereocenters. The molecule has 0 aromatic heterocycles. The lowest BCUT2D eigenvalue weighted by atomic mass is 10.1. The van der Waals surface area contributed by atoms with Gasteiger partial charge in [-0.05, 0) is 44.2 Å². The number of anilines is 1. The number of hydrogen-bond donors (Lipinski definition) is 1. The monoisotopic (exact) mass is 327 g/mol. The van der Waals surface area contributed by atoms with Gasteiger partial charge < -0.3 is 5.32 Å². The van der Waals surface area contributed by atoms with E-state index in [4.69, 9.17) is 11.6 Å². The summed E-state index contributed by atoms with van der Waals surface area (Å²) in [4.78, 5) is 12.2. The number of benzene rings is 2. The van der Waals surface area contributed by atoms with Crippen LogP contribution in [0.2, 0.25) is 5.02 Å². The van der Waals surface area contributed by atoms with Gasteiger partial charge in [0, 0.05) is 10.6 Å². The standard InChI is InChI=1S/C16H13ClF3NO/c1-9-5-10(2)7-11(6-9)15(22)21-14-4-3-12(17)8-13(14)16(18,19)20/h3-8H,1-2H3,(H,21,22). The molecule has 0 aliphatic heterocycles. The summed E-state index contributed by atoms with van der Waals surface area (Å²) >= 11 is 5.61. The first-order valence-electron chi connectivity index (χ1n) is 6.43. The van der Waals surface area contributed by atoms with Crippen LogP contribution >= 0.6 is 11.6 Å². The Balaban J connectivity index is 2.36. The summed E-state index contributed by atoms with van der Waals surface area (Å²) < 4.78 is 39.0. The molecule has 0 spiro atoms. The lowest BCUT2D eigenvalue weighted by molar-refractivity contribution is -0.136. The van der Waals surface area contributed by atoms with Gasteiger partial charge in [0.1, 0.15) is 0 Å². The molecule has 1 amide bonds. The quantitative estimate of drug-likeness (QED) is 0.804. The molecule has 0 aliphatic carbocycles. The fraction of sp³-hybridized carbons (Fsp3) is 0.188. The van der Waals surface area contributed by atoms with Gasteiger partial charge in [-0.25, -0.2) is 0 Å². The summed E-state index contributed by atoms with van der Waals surface area (Å²) in [6.07, 6.45) is -4.60. The van der Waals surface area contributed by atoms with E-state index in [1.807, 2.05) is 19.9 Å². The van der Waals surface area contributed by atoms with Gasteiger partial charge >= 0.3 is 6.18 Å². The van der Waals surface area contributed by atoms with E-state index in [1.165, 1.54) is 6.07 Å². The molecule has 2 aromatic carbocycles. The topological polar surface area (TPSA) is 29.1 Å². The van der Waals surface area contributed by atoms with Crippen molar-refractivity contribution in [3.05, 3.63) is 63.7 Å². The minimum Gasteiger partial charge on any atom is -0.321 e. The molecule has 0 radical (unpaired) electrons. The van der Waals surface area contributed by atoms with E-state index >= 15 is 0 Å². The van der Waals surface area contributed by atoms with Crippen LogP contribution in [0.3, 0.4) is 0 Å². The number of carbonyl (C=O) groups excluding carboxylic acids is 1. The molecular weight excluding hydrogens is 315 g/mol. The summed E-state index contributed by atoms with van der Waals surface area (Å²) in [7, 11) is 0. The van der Waals surface area contributed by atoms with Crippen molar-refractivity contribution in [2.45, 2.75) is 20.0 Å². The molecule has 2 rings (SSSR count). The third-order valence-electron chi connectivity index (χ3n) is 3.02. The van der Waals surface area contributed by atoms with E-state index in [-0.39, 0.29) is 10.7 Å². The van der Waals surface area contributed by atoms with Crippen molar-refractivity contribution < 1.29 is 18.0 Å². The molecule has 2 nitrogen and oxygen atoms in total. The van der Waals surface area contributed by atoms with Crippen molar-refractivity contribution in [2.24, 2.45) is 0 Å². The zero-order chi connectivity index (χ0) is 16.5. The third kappa shape index (κ3) is 3.80. The van der Waals surface area contributed by atoms with Gasteiger partial charge in [-0.3, -0.25) is 4.79 Å². The molecule has 0 fully saturated rings. The van der Waals surface area contributed by atoms with Crippen LogP contribution < -0.4 is 5.32 Å². The number of halogens is 4. The van der Waals surface area contributed by atoms with Gasteiger partial charge in [-0.15, -0.1) is 0 Å². The van der Waals surface area contributed by atoms with E-state index in [0.29, 0.717) is 5.56 Å². The SMILES string of the molecule is Cc1cc(C)cc(C(=O)Nc2ccc(Cl)cc2C(F)(F)F)c1. The van der Waals surface area contributed by atoms with Gasteiger partial charge in [-0.2, -0.15) is 13.2 Å². The number of nitrogens with one attached hydrogen (secondary N) is 1. The number of amides is 1. The summed E-state index contributed by atoms with van der Waals surface area (Å²) in [6, 6.07) is 8.34. The second-order valence-electron chi connectivity index (χ2n) is 5.02. The maximum Gasteiger partial charge on any atom is 0.418 e. The Morgan fingerprint density at radius 2 is 1.64 bits per heavy atom. The molecule has 116 valence electrons. The third-order valence-corrected chi connectivity index (χ3v) is 3.25. The fourth-order valence-electron chi connectivity index (χ4n) is 2.16. The zero-order valence-corrected chi connectivity index (χ0v) is 12.6. The minimum absolute atomic E-state index is 0.0447. The molecule has 0 atom stereocenters. The van der Waals surface area contributed by atoms with Crippen LogP contribution in [0.4, 0.5) is 18.9 Å². The van der Waals surface area contributed by atoms with Crippen molar-refractivity contribution in [2.75, 3.05) is 5.32 Å². The fourth-order valence-corrected chi connectivity index (χ4v) is 2.33. The van der Waals surface area contributed by atoms with Crippen molar-refractivity contribution in [1.82, 2.24) is 0 Å². The Morgan fingerprint density at radius 1 is 1.05 bits per heavy atom. The molecule has 0 saturated heterocycles. The second kappa shape index (κ2) is 6.01. The number of aryl methyl sites for hydroxylation is 2. The highest BCUT2D eigenvalue weighted by atomic mass is 35.5. The van der Waals surface area contributed by atoms with Gasteiger partial charge in [0.25, 0.3) is 5.91 Å². The van der Waals surface area contributed by atoms with Crippen molar-refractivity contribution >= 4 is 23.2 Å². The van der Waals surface area contributed by atoms with Crippen LogP contribution in [0.15, 0.2) is 36.4 Å². The molecule has 0 aliphatic rings. The second-order valence-corrected chi connectivity index (χ2v) is 5.45. The van der Waals surface area contributed by atoms with E-state index in [9.17, 15) is 18.0 Å². The Labute approximate surface area is 130 Å². The lowest BCUT2D eigenvalue weighted by Gasteiger charge is -2.14. The normalized spacial score (nSPS) is 11.4. The molecule has 22 heavy (non-hydrogen) atoms. The molecule has 0 bridgehead atoms. The van der Waals surface area contributed by atoms with Crippen LogP contribution in [-0.4, -0.2) is 5.91 Å². The van der Waals surface area contributed by atoms with E-state index in [2.05, 4.69) is 5.32 Å². The molecular formula is C16H13ClF3NO. The highest BCUT2D eigenvalue weighted by Crippen LogP contribution is 2.36. The van der Waals surface area contributed by atoms with E-state index < -0.39 is 17.6 Å². The predicted octanol–water partition coefficient (Wildman–Crippen LogP) is 5.23. The first kappa shape index (κ1) is 16.4. The minimum atomic E-state index is -4.60. The van der Waals surface area contributed by atoms with Crippen LogP contribution in [0.25, 0.3) is 0 Å². The highest BCUT2D eigenvalue weighted by molar-refractivity contribution is 6.30. The number of rotatable bonds is 2. The summed E-state index contributed by atoms with van der Waals surface area (Å²) in [5.41, 5.74) is 0.731. The Hall–Kier alpha value is -2.01. The molecule has 2 aromatic rings. The van der Waals surface area contributed by atoms with Crippen LogP contribution in [-0.2, 0) is 6.18 Å². The maximum atomic E-state index is 13.0.